The van der Waals surface area contributed by atoms with E-state index in [1.54, 1.807) is 11.3 Å². The Labute approximate surface area is 126 Å². The zero-order chi connectivity index (χ0) is 13.2. The van der Waals surface area contributed by atoms with Gasteiger partial charge in [-0.1, -0.05) is 58.4 Å². The lowest BCUT2D eigenvalue weighted by Gasteiger charge is -2.12. The topological polar surface area (TPSA) is 0 Å². The zero-order valence-corrected chi connectivity index (χ0v) is 13.2. The van der Waals surface area contributed by atoms with Gasteiger partial charge in [0.25, 0.3) is 0 Å². The summed E-state index contributed by atoms with van der Waals surface area (Å²) < 4.78 is 0. The van der Waals surface area contributed by atoms with Crippen LogP contribution in [0.2, 0.25) is 0 Å². The third-order valence-electron chi connectivity index (χ3n) is 3.51. The molecule has 2 aromatic carbocycles. The standard InChI is InChI=1S/C17H15BrS/c1-12-10-19-11-16(12)17(18)9-14-7-4-6-13-5-2-3-8-15(13)14/h2-8,10-11,17H,9H2,1H3. The van der Waals surface area contributed by atoms with E-state index in [4.69, 9.17) is 0 Å². The quantitative estimate of drug-likeness (QED) is 0.525. The molecule has 0 fully saturated rings. The van der Waals surface area contributed by atoms with E-state index in [1.807, 2.05) is 0 Å². The third-order valence-corrected chi connectivity index (χ3v) is 5.21. The van der Waals surface area contributed by atoms with Crippen LogP contribution in [0.1, 0.15) is 21.5 Å². The first-order valence-electron chi connectivity index (χ1n) is 6.39. The highest BCUT2D eigenvalue weighted by molar-refractivity contribution is 9.09. The van der Waals surface area contributed by atoms with E-state index >= 15 is 0 Å². The van der Waals surface area contributed by atoms with Gasteiger partial charge in [-0.05, 0) is 51.6 Å². The van der Waals surface area contributed by atoms with Gasteiger partial charge in [0.15, 0.2) is 0 Å². The molecule has 0 aliphatic rings. The normalized spacial score (nSPS) is 12.7. The molecule has 0 bridgehead atoms. The lowest BCUT2D eigenvalue weighted by Crippen LogP contribution is -1.96. The zero-order valence-electron chi connectivity index (χ0n) is 10.8. The van der Waals surface area contributed by atoms with Gasteiger partial charge in [0.1, 0.15) is 0 Å². The average Bonchev–Trinajstić information content (AvgIpc) is 2.85. The number of hydrogen-bond acceptors (Lipinski definition) is 1. The van der Waals surface area contributed by atoms with Gasteiger partial charge in [-0.3, -0.25) is 0 Å². The Bertz CT molecular complexity index is 694. The highest BCUT2D eigenvalue weighted by atomic mass is 79.9. The van der Waals surface area contributed by atoms with Gasteiger partial charge in [-0.25, -0.2) is 0 Å². The van der Waals surface area contributed by atoms with Crippen LogP contribution in [-0.4, -0.2) is 0 Å². The fourth-order valence-electron chi connectivity index (χ4n) is 2.46. The molecule has 0 nitrogen and oxygen atoms in total. The van der Waals surface area contributed by atoms with Gasteiger partial charge in [0.2, 0.25) is 0 Å². The number of aryl methyl sites for hydroxylation is 1. The Kier molecular flexibility index (Phi) is 3.72. The summed E-state index contributed by atoms with van der Waals surface area (Å²) in [5.74, 6) is 0. The predicted octanol–water partition coefficient (Wildman–Crippen LogP) is 5.89. The molecule has 0 saturated carbocycles. The number of benzene rings is 2. The molecule has 0 spiro atoms. The van der Waals surface area contributed by atoms with E-state index < -0.39 is 0 Å². The van der Waals surface area contributed by atoms with Gasteiger partial charge in [0.05, 0.1) is 0 Å². The number of hydrogen-bond donors (Lipinski definition) is 0. The minimum Gasteiger partial charge on any atom is -0.152 e. The second-order valence-electron chi connectivity index (χ2n) is 4.82. The van der Waals surface area contributed by atoms with E-state index in [-0.39, 0.29) is 0 Å². The van der Waals surface area contributed by atoms with Crippen molar-refractivity contribution >= 4 is 38.0 Å². The Morgan fingerprint density at radius 3 is 2.63 bits per heavy atom. The highest BCUT2D eigenvalue weighted by Crippen LogP contribution is 2.33. The molecule has 0 aliphatic heterocycles. The molecule has 19 heavy (non-hydrogen) atoms. The summed E-state index contributed by atoms with van der Waals surface area (Å²) in [6.07, 6.45) is 1.03. The lowest BCUT2D eigenvalue weighted by molar-refractivity contribution is 0.953. The van der Waals surface area contributed by atoms with E-state index in [0.717, 1.165) is 6.42 Å². The lowest BCUT2D eigenvalue weighted by atomic mass is 9.98. The van der Waals surface area contributed by atoms with Crippen LogP contribution in [0.25, 0.3) is 10.8 Å². The molecule has 1 unspecified atom stereocenters. The fraction of sp³-hybridized carbons (Fsp3) is 0.176. The van der Waals surface area contributed by atoms with Gasteiger partial charge >= 0.3 is 0 Å². The van der Waals surface area contributed by atoms with E-state index in [0.29, 0.717) is 4.83 Å². The van der Waals surface area contributed by atoms with Crippen LogP contribution in [0.5, 0.6) is 0 Å². The van der Waals surface area contributed by atoms with Crippen molar-refractivity contribution in [2.45, 2.75) is 18.2 Å². The summed E-state index contributed by atoms with van der Waals surface area (Å²) in [5, 5.41) is 7.15. The summed E-state index contributed by atoms with van der Waals surface area (Å²) in [4.78, 5) is 0.393. The molecule has 0 radical (unpaired) electrons. The van der Waals surface area contributed by atoms with Crippen molar-refractivity contribution in [3.05, 3.63) is 69.9 Å². The SMILES string of the molecule is Cc1cscc1C(Br)Cc1cccc2ccccc12. The smallest absolute Gasteiger partial charge is 0.0446 e. The molecule has 1 aromatic heterocycles. The molecule has 0 aliphatic carbocycles. The predicted molar refractivity (Wildman–Crippen MR) is 88.4 cm³/mol. The number of thiophene rings is 1. The van der Waals surface area contributed by atoms with Crippen molar-refractivity contribution in [3.63, 3.8) is 0 Å². The first kappa shape index (κ1) is 12.9. The van der Waals surface area contributed by atoms with Gasteiger partial charge in [-0.15, -0.1) is 0 Å². The van der Waals surface area contributed by atoms with E-state index in [9.17, 15) is 0 Å². The molecule has 96 valence electrons. The van der Waals surface area contributed by atoms with Gasteiger partial charge in [0, 0.05) is 4.83 Å². The van der Waals surface area contributed by atoms with Crippen LogP contribution in [0.4, 0.5) is 0 Å². The maximum Gasteiger partial charge on any atom is 0.0446 e. The molecule has 3 aromatic rings. The molecule has 0 saturated heterocycles. The minimum atomic E-state index is 0.393. The van der Waals surface area contributed by atoms with Crippen LogP contribution in [0, 0.1) is 6.92 Å². The maximum atomic E-state index is 3.85. The summed E-state index contributed by atoms with van der Waals surface area (Å²) in [6, 6.07) is 15.2. The number of halogens is 1. The molecule has 3 rings (SSSR count). The van der Waals surface area contributed by atoms with Crippen LogP contribution >= 0.6 is 27.3 Å². The van der Waals surface area contributed by atoms with Crippen molar-refractivity contribution in [2.75, 3.05) is 0 Å². The summed E-state index contributed by atoms with van der Waals surface area (Å²) in [5.41, 5.74) is 4.20. The van der Waals surface area contributed by atoms with E-state index in [2.05, 4.69) is 76.1 Å². The Hall–Kier alpha value is -1.12. The maximum absolute atomic E-state index is 3.85. The Morgan fingerprint density at radius 1 is 1.05 bits per heavy atom. The first-order valence-corrected chi connectivity index (χ1v) is 8.25. The van der Waals surface area contributed by atoms with Crippen LogP contribution in [0.3, 0.4) is 0 Å². The van der Waals surface area contributed by atoms with Crippen LogP contribution in [-0.2, 0) is 6.42 Å². The number of fused-ring (bicyclic) bond motifs is 1. The largest absolute Gasteiger partial charge is 0.152 e. The number of alkyl halides is 1. The van der Waals surface area contributed by atoms with Gasteiger partial charge in [-0.2, -0.15) is 11.3 Å². The average molecular weight is 331 g/mol. The van der Waals surface area contributed by atoms with Crippen molar-refractivity contribution in [1.29, 1.82) is 0 Å². The summed E-state index contributed by atoms with van der Waals surface area (Å²) >= 11 is 5.62. The Balaban J connectivity index is 1.96. The molecule has 0 N–H and O–H groups in total. The molecular formula is C17H15BrS. The van der Waals surface area contributed by atoms with Crippen molar-refractivity contribution in [2.24, 2.45) is 0 Å². The highest BCUT2D eigenvalue weighted by Gasteiger charge is 2.13. The molecular weight excluding hydrogens is 316 g/mol. The van der Waals surface area contributed by atoms with Crippen molar-refractivity contribution in [3.8, 4) is 0 Å². The Morgan fingerprint density at radius 2 is 1.84 bits per heavy atom. The van der Waals surface area contributed by atoms with Crippen molar-refractivity contribution in [1.82, 2.24) is 0 Å². The third kappa shape index (κ3) is 2.60. The summed E-state index contributed by atoms with van der Waals surface area (Å²) in [6.45, 7) is 2.18. The van der Waals surface area contributed by atoms with Crippen molar-refractivity contribution < 1.29 is 0 Å². The number of rotatable bonds is 3. The molecule has 1 heterocycles. The second-order valence-corrected chi connectivity index (χ2v) is 6.67. The second kappa shape index (κ2) is 5.48. The molecule has 1 atom stereocenters. The van der Waals surface area contributed by atoms with Gasteiger partial charge < -0.3 is 0 Å². The van der Waals surface area contributed by atoms with Crippen LogP contribution < -0.4 is 0 Å². The minimum absolute atomic E-state index is 0.393. The molecule has 0 amide bonds. The van der Waals surface area contributed by atoms with Crippen LogP contribution in [0.15, 0.2) is 53.2 Å². The first-order chi connectivity index (χ1) is 9.25. The summed E-state index contributed by atoms with van der Waals surface area (Å²) in [7, 11) is 0. The van der Waals surface area contributed by atoms with E-state index in [1.165, 1.54) is 27.5 Å². The molecule has 2 heteroatoms. The fourth-order valence-corrected chi connectivity index (χ4v) is 4.39. The monoisotopic (exact) mass is 330 g/mol.